The van der Waals surface area contributed by atoms with E-state index in [0.717, 1.165) is 10.8 Å². The average molecular weight is 204 g/mol. The molecule has 4 heteroatoms. The zero-order chi connectivity index (χ0) is 9.97. The quantitative estimate of drug-likeness (QED) is 0.701. The van der Waals surface area contributed by atoms with Gasteiger partial charge in [-0.15, -0.1) is 0 Å². The molecule has 3 nitrogen and oxygen atoms in total. The monoisotopic (exact) mass is 204 g/mol. The van der Waals surface area contributed by atoms with Crippen LogP contribution in [0.4, 0.5) is 10.6 Å². The van der Waals surface area contributed by atoms with Gasteiger partial charge in [0.25, 0.3) is 5.24 Å². The number of carbonyl (C=O) groups is 1. The van der Waals surface area contributed by atoms with Gasteiger partial charge in [-0.1, -0.05) is 36.9 Å². The summed E-state index contributed by atoms with van der Waals surface area (Å²) < 4.78 is 0. The molecule has 0 spiro atoms. The maximum absolute atomic E-state index is 10.8. The number of benzene rings is 1. The van der Waals surface area contributed by atoms with Crippen molar-refractivity contribution in [2.75, 3.05) is 5.32 Å². The van der Waals surface area contributed by atoms with Gasteiger partial charge in [0.05, 0.1) is 0 Å². The topological polar surface area (TPSA) is 42.0 Å². The third-order valence-corrected chi connectivity index (χ3v) is 2.01. The highest BCUT2D eigenvalue weighted by Gasteiger charge is 2.02. The lowest BCUT2D eigenvalue weighted by molar-refractivity contribution is 0.270. The fraction of sp³-hybridized carbons (Fsp3) is 0. The number of nitrogens with one attached hydrogen (secondary N) is 1. The Kier molecular flexibility index (Phi) is 2.37. The Hall–Kier alpha value is -1.55. The SMILES string of the molecule is O=C(S)Nc1nccc2ccccc12. The van der Waals surface area contributed by atoms with E-state index in [1.54, 1.807) is 6.20 Å². The molecule has 0 aliphatic rings. The Morgan fingerprint density at radius 2 is 2.07 bits per heavy atom. The van der Waals surface area contributed by atoms with Crippen molar-refractivity contribution in [3.05, 3.63) is 36.5 Å². The van der Waals surface area contributed by atoms with E-state index in [0.29, 0.717) is 5.82 Å². The Labute approximate surface area is 86.6 Å². The molecule has 2 aromatic rings. The van der Waals surface area contributed by atoms with E-state index in [1.807, 2.05) is 30.3 Å². The van der Waals surface area contributed by atoms with Gasteiger partial charge in [-0.25, -0.2) is 4.98 Å². The van der Waals surface area contributed by atoms with Crippen LogP contribution in [0.1, 0.15) is 0 Å². The first-order valence-electron chi connectivity index (χ1n) is 4.11. The molecule has 0 radical (unpaired) electrons. The molecule has 0 aliphatic heterocycles. The first-order valence-corrected chi connectivity index (χ1v) is 4.56. The highest BCUT2D eigenvalue weighted by Crippen LogP contribution is 2.20. The smallest absolute Gasteiger partial charge is 0.281 e. The molecular weight excluding hydrogens is 196 g/mol. The van der Waals surface area contributed by atoms with Gasteiger partial charge in [-0.3, -0.25) is 4.79 Å². The zero-order valence-electron chi connectivity index (χ0n) is 7.27. The number of hydrogen-bond acceptors (Lipinski definition) is 2. The van der Waals surface area contributed by atoms with E-state index in [1.165, 1.54) is 0 Å². The second-order valence-electron chi connectivity index (χ2n) is 2.81. The van der Waals surface area contributed by atoms with Gasteiger partial charge < -0.3 is 5.32 Å². The Morgan fingerprint density at radius 3 is 2.86 bits per heavy atom. The van der Waals surface area contributed by atoms with Crippen molar-refractivity contribution < 1.29 is 4.79 Å². The molecule has 1 heterocycles. The molecule has 0 atom stereocenters. The number of thiol groups is 1. The summed E-state index contributed by atoms with van der Waals surface area (Å²) >= 11 is 3.64. The lowest BCUT2D eigenvalue weighted by atomic mass is 10.2. The van der Waals surface area contributed by atoms with E-state index < -0.39 is 5.24 Å². The molecule has 1 N–H and O–H groups in total. The summed E-state index contributed by atoms with van der Waals surface area (Å²) in [6, 6.07) is 9.60. The number of fused-ring (bicyclic) bond motifs is 1. The summed E-state index contributed by atoms with van der Waals surface area (Å²) in [6.45, 7) is 0. The lowest BCUT2D eigenvalue weighted by Gasteiger charge is -2.04. The number of aromatic nitrogens is 1. The fourth-order valence-electron chi connectivity index (χ4n) is 1.32. The molecule has 1 aromatic heterocycles. The molecule has 0 unspecified atom stereocenters. The molecule has 0 bridgehead atoms. The predicted molar refractivity (Wildman–Crippen MR) is 59.7 cm³/mol. The molecule has 2 rings (SSSR count). The first kappa shape index (κ1) is 9.02. The largest absolute Gasteiger partial charge is 0.301 e. The standard InChI is InChI=1S/C10H8N2OS/c13-10(14)12-9-8-4-2-1-3-7(8)5-6-11-9/h1-6H,(H2,11,12,13,14). The number of carbonyl (C=O) groups excluding carboxylic acids is 1. The van der Waals surface area contributed by atoms with Crippen molar-refractivity contribution in [2.45, 2.75) is 0 Å². The normalized spacial score (nSPS) is 10.1. The van der Waals surface area contributed by atoms with Gasteiger partial charge in [-0.05, 0) is 11.5 Å². The maximum atomic E-state index is 10.8. The van der Waals surface area contributed by atoms with Gasteiger partial charge >= 0.3 is 0 Å². The van der Waals surface area contributed by atoms with Crippen molar-refractivity contribution in [3.8, 4) is 0 Å². The van der Waals surface area contributed by atoms with Crippen molar-refractivity contribution in [1.29, 1.82) is 0 Å². The van der Waals surface area contributed by atoms with Gasteiger partial charge in [0.2, 0.25) is 0 Å². The molecular formula is C10H8N2OS. The van der Waals surface area contributed by atoms with Crippen molar-refractivity contribution in [3.63, 3.8) is 0 Å². The van der Waals surface area contributed by atoms with Gasteiger partial charge in [-0.2, -0.15) is 0 Å². The van der Waals surface area contributed by atoms with E-state index >= 15 is 0 Å². The van der Waals surface area contributed by atoms with Crippen molar-refractivity contribution in [1.82, 2.24) is 4.98 Å². The third kappa shape index (κ3) is 1.70. The van der Waals surface area contributed by atoms with Crippen molar-refractivity contribution in [2.24, 2.45) is 0 Å². The Bertz CT molecular complexity index is 479. The van der Waals surface area contributed by atoms with E-state index in [9.17, 15) is 4.79 Å². The third-order valence-electron chi connectivity index (χ3n) is 1.90. The van der Waals surface area contributed by atoms with Crippen LogP contribution in [0.25, 0.3) is 10.8 Å². The minimum atomic E-state index is -0.408. The van der Waals surface area contributed by atoms with Crippen molar-refractivity contribution >= 4 is 34.5 Å². The van der Waals surface area contributed by atoms with Crippen LogP contribution in [-0.2, 0) is 0 Å². The van der Waals surface area contributed by atoms with E-state index in [-0.39, 0.29) is 0 Å². The van der Waals surface area contributed by atoms with Crippen LogP contribution >= 0.6 is 12.6 Å². The minimum absolute atomic E-state index is 0.408. The predicted octanol–water partition coefficient (Wildman–Crippen LogP) is 2.70. The summed E-state index contributed by atoms with van der Waals surface area (Å²) in [7, 11) is 0. The fourth-order valence-corrected chi connectivity index (χ4v) is 1.43. The number of nitrogens with zero attached hydrogens (tertiary/aromatic N) is 1. The van der Waals surface area contributed by atoms with Crippen LogP contribution in [-0.4, -0.2) is 10.2 Å². The molecule has 1 amide bonds. The second kappa shape index (κ2) is 3.67. The lowest BCUT2D eigenvalue weighted by Crippen LogP contribution is -2.03. The van der Waals surface area contributed by atoms with E-state index in [4.69, 9.17) is 0 Å². The number of pyridine rings is 1. The number of amides is 1. The van der Waals surface area contributed by atoms with Gasteiger partial charge in [0.15, 0.2) is 0 Å². The van der Waals surface area contributed by atoms with Gasteiger partial charge in [0.1, 0.15) is 5.82 Å². The van der Waals surface area contributed by atoms with Crippen LogP contribution in [0.3, 0.4) is 0 Å². The highest BCUT2D eigenvalue weighted by molar-refractivity contribution is 7.96. The first-order chi connectivity index (χ1) is 6.77. The minimum Gasteiger partial charge on any atom is -0.301 e. The summed E-state index contributed by atoms with van der Waals surface area (Å²) in [6.07, 6.45) is 1.65. The zero-order valence-corrected chi connectivity index (χ0v) is 8.16. The second-order valence-corrected chi connectivity index (χ2v) is 3.22. The Morgan fingerprint density at radius 1 is 1.29 bits per heavy atom. The van der Waals surface area contributed by atoms with E-state index in [2.05, 4.69) is 22.9 Å². The molecule has 70 valence electrons. The molecule has 0 saturated carbocycles. The summed E-state index contributed by atoms with van der Waals surface area (Å²) in [5.41, 5.74) is 0. The van der Waals surface area contributed by atoms with Crippen LogP contribution < -0.4 is 5.32 Å². The molecule has 1 aromatic carbocycles. The number of anilines is 1. The average Bonchev–Trinajstić information content (AvgIpc) is 2.18. The molecule has 14 heavy (non-hydrogen) atoms. The maximum Gasteiger partial charge on any atom is 0.281 e. The van der Waals surface area contributed by atoms with Crippen LogP contribution in [0.5, 0.6) is 0 Å². The highest BCUT2D eigenvalue weighted by atomic mass is 32.1. The molecule has 0 saturated heterocycles. The van der Waals surface area contributed by atoms with Crippen LogP contribution in [0.2, 0.25) is 0 Å². The van der Waals surface area contributed by atoms with Crippen LogP contribution in [0, 0.1) is 0 Å². The molecule has 0 fully saturated rings. The Balaban J connectivity index is 2.59. The summed E-state index contributed by atoms with van der Waals surface area (Å²) in [5, 5.41) is 4.11. The van der Waals surface area contributed by atoms with Crippen LogP contribution in [0.15, 0.2) is 36.5 Å². The summed E-state index contributed by atoms with van der Waals surface area (Å²) in [5.74, 6) is 0.545. The van der Waals surface area contributed by atoms with Gasteiger partial charge in [0, 0.05) is 11.6 Å². The number of rotatable bonds is 1. The number of hydrogen-bond donors (Lipinski definition) is 2. The molecule has 0 aliphatic carbocycles. The summed E-state index contributed by atoms with van der Waals surface area (Å²) in [4.78, 5) is 14.8.